The number of likely N-dealkylation sites (N-methyl/N-ethyl adjacent to an activating group) is 1. The molecule has 64 heavy (non-hydrogen) atoms. The molecule has 326 valence electrons. The number of carbonyl (C=O) groups excluding carboxylic acids is 4. The second-order valence-electron chi connectivity index (χ2n) is 15.8. The lowest BCUT2D eigenvalue weighted by Crippen LogP contribution is -2.32. The average molecular weight is 859 g/mol. The maximum Gasteiger partial charge on any atom is 0.310 e. The van der Waals surface area contributed by atoms with Gasteiger partial charge in [0, 0.05) is 46.7 Å². The van der Waals surface area contributed by atoms with Crippen LogP contribution in [0.3, 0.4) is 0 Å². The summed E-state index contributed by atoms with van der Waals surface area (Å²) in [5, 5.41) is 14.0. The van der Waals surface area contributed by atoms with Crippen LogP contribution in [0.4, 0.5) is 11.4 Å². The van der Waals surface area contributed by atoms with Gasteiger partial charge < -0.3 is 29.7 Å². The summed E-state index contributed by atoms with van der Waals surface area (Å²) >= 11 is 0. The normalized spacial score (nSPS) is 11.3. The molecule has 8 aromatic rings. The third kappa shape index (κ3) is 9.07. The van der Waals surface area contributed by atoms with Crippen LogP contribution in [-0.2, 0) is 54.3 Å². The largest absolute Gasteiger partial charge is 0.456 e. The average Bonchev–Trinajstić information content (AvgIpc) is 4.02. The van der Waals surface area contributed by atoms with Gasteiger partial charge in [0.15, 0.2) is 13.2 Å². The second-order valence-corrected chi connectivity index (χ2v) is 15.8. The highest BCUT2D eigenvalue weighted by molar-refractivity contribution is 5.97. The third-order valence-corrected chi connectivity index (χ3v) is 11.6. The molecule has 0 atom stereocenters. The van der Waals surface area contributed by atoms with Crippen molar-refractivity contribution < 1.29 is 28.7 Å². The summed E-state index contributed by atoms with van der Waals surface area (Å²) in [5.74, 6) is -1.84. The van der Waals surface area contributed by atoms with Gasteiger partial charge in [0.1, 0.15) is 0 Å². The molecule has 0 unspecified atom stereocenters. The summed E-state index contributed by atoms with van der Waals surface area (Å²) in [6.07, 6.45) is 1.55. The first kappa shape index (κ1) is 42.9. The molecule has 14 nitrogen and oxygen atoms in total. The summed E-state index contributed by atoms with van der Waals surface area (Å²) in [6, 6.07) is 35.0. The van der Waals surface area contributed by atoms with Crippen LogP contribution >= 0.6 is 0 Å². The van der Waals surface area contributed by atoms with Gasteiger partial charge in [-0.1, -0.05) is 72.8 Å². The summed E-state index contributed by atoms with van der Waals surface area (Å²) in [6.45, 7) is 6.59. The van der Waals surface area contributed by atoms with E-state index >= 15 is 0 Å². The Kier molecular flexibility index (Phi) is 12.5. The number of rotatable bonds is 16. The number of benzene rings is 4. The van der Waals surface area contributed by atoms with Gasteiger partial charge in [-0.15, -0.1) is 0 Å². The van der Waals surface area contributed by atoms with Crippen LogP contribution in [-0.4, -0.2) is 73.5 Å². The monoisotopic (exact) mass is 858 g/mol. The van der Waals surface area contributed by atoms with Crippen molar-refractivity contribution in [3.63, 3.8) is 0 Å². The molecule has 0 fully saturated rings. The summed E-state index contributed by atoms with van der Waals surface area (Å²) in [5.41, 5.74) is 11.3. The molecule has 0 radical (unpaired) electrons. The van der Waals surface area contributed by atoms with Crippen LogP contribution in [0.5, 0.6) is 0 Å². The van der Waals surface area contributed by atoms with Crippen molar-refractivity contribution in [3.8, 4) is 11.4 Å². The van der Waals surface area contributed by atoms with Gasteiger partial charge in [0.25, 0.3) is 11.8 Å². The van der Waals surface area contributed by atoms with Crippen molar-refractivity contribution in [1.82, 2.24) is 29.5 Å². The number of esters is 2. The number of fused-ring (bicyclic) bond motifs is 2. The van der Waals surface area contributed by atoms with E-state index in [-0.39, 0.29) is 18.7 Å². The Balaban J connectivity index is 0.898. The predicted molar refractivity (Wildman–Crippen MR) is 246 cm³/mol. The lowest BCUT2D eigenvalue weighted by Gasteiger charge is -2.18. The fraction of sp³-hybridized carbons (Fsp3) is 0.240. The van der Waals surface area contributed by atoms with Crippen LogP contribution in [0, 0.1) is 27.7 Å². The Morgan fingerprint density at radius 2 is 1.12 bits per heavy atom. The number of anilines is 2. The van der Waals surface area contributed by atoms with Crippen molar-refractivity contribution in [2.75, 3.05) is 30.5 Å². The van der Waals surface area contributed by atoms with Gasteiger partial charge in [0.2, 0.25) is 0 Å². The Labute approximate surface area is 370 Å². The lowest BCUT2D eigenvalue weighted by atomic mass is 10.0. The van der Waals surface area contributed by atoms with Crippen LogP contribution in [0.2, 0.25) is 0 Å². The Morgan fingerprint density at radius 1 is 0.609 bits per heavy atom. The van der Waals surface area contributed by atoms with Crippen molar-refractivity contribution >= 4 is 56.9 Å². The Morgan fingerprint density at radius 3 is 1.75 bits per heavy atom. The first-order valence-electron chi connectivity index (χ1n) is 21.2. The molecule has 0 spiro atoms. The Hall–Kier alpha value is -7.74. The number of para-hydroxylation sites is 4. The minimum atomic E-state index is -0.521. The third-order valence-electron chi connectivity index (χ3n) is 11.6. The van der Waals surface area contributed by atoms with Gasteiger partial charge in [0.05, 0.1) is 51.9 Å². The van der Waals surface area contributed by atoms with Gasteiger partial charge in [-0.3, -0.25) is 19.2 Å². The van der Waals surface area contributed by atoms with Gasteiger partial charge >= 0.3 is 11.9 Å². The maximum atomic E-state index is 13.5. The number of nitrogens with zero attached hydrogens (tertiary/aromatic N) is 5. The number of hydrogen-bond donors (Lipinski definition) is 3. The number of H-pyrrole nitrogens is 2. The van der Waals surface area contributed by atoms with Gasteiger partial charge in [-0.25, -0.2) is 9.36 Å². The zero-order valence-electron chi connectivity index (χ0n) is 36.5. The van der Waals surface area contributed by atoms with E-state index < -0.39 is 31.1 Å². The molecule has 0 aliphatic heterocycles. The van der Waals surface area contributed by atoms with Crippen LogP contribution in [0.15, 0.2) is 109 Å². The van der Waals surface area contributed by atoms with Gasteiger partial charge in [-0.2, -0.15) is 10.2 Å². The first-order chi connectivity index (χ1) is 31.0. The van der Waals surface area contributed by atoms with Crippen molar-refractivity contribution in [2.45, 2.75) is 59.8 Å². The van der Waals surface area contributed by atoms with Crippen LogP contribution in [0.25, 0.3) is 33.2 Å². The van der Waals surface area contributed by atoms with E-state index in [0.29, 0.717) is 42.0 Å². The number of ether oxygens (including phenoxy) is 2. The van der Waals surface area contributed by atoms with E-state index in [2.05, 4.69) is 25.5 Å². The molecular formula is C50H50N8O6. The van der Waals surface area contributed by atoms with Crippen molar-refractivity contribution in [2.24, 2.45) is 0 Å². The molecule has 2 amide bonds. The standard InChI is InChI=1S/C50H50N8O6/c1-31-49(33(3)57(54-31)35-16-8-6-9-17-35)53-45(59)29-63-47(61)27-24-39-37-20-12-14-22-41(37)51-43(39)25-26-44-40(38-21-13-15-23-42(38)52-44)28-48(62)64-30-46(60)56(5)50-32(2)55-58(34(50)4)36-18-10-7-11-19-36/h6-23,51-52H,24-30H2,1-5H3,(H,53,59). The van der Waals surface area contributed by atoms with E-state index in [1.807, 2.05) is 137 Å². The minimum Gasteiger partial charge on any atom is -0.456 e. The van der Waals surface area contributed by atoms with E-state index in [4.69, 9.17) is 9.47 Å². The van der Waals surface area contributed by atoms with E-state index in [0.717, 1.165) is 67.1 Å². The molecular weight excluding hydrogens is 809 g/mol. The number of aryl methyl sites for hydroxylation is 5. The number of hydrogen-bond acceptors (Lipinski definition) is 8. The zero-order valence-corrected chi connectivity index (χ0v) is 36.5. The quantitative estimate of drug-likeness (QED) is 0.0824. The first-order valence-corrected chi connectivity index (χ1v) is 21.2. The molecule has 8 rings (SSSR count). The zero-order chi connectivity index (χ0) is 44.9. The molecule has 0 aliphatic rings. The van der Waals surface area contributed by atoms with Crippen molar-refractivity contribution in [3.05, 3.63) is 154 Å². The number of amides is 2. The highest BCUT2D eigenvalue weighted by Gasteiger charge is 2.24. The van der Waals surface area contributed by atoms with E-state index in [9.17, 15) is 19.2 Å². The van der Waals surface area contributed by atoms with Crippen LogP contribution < -0.4 is 10.2 Å². The van der Waals surface area contributed by atoms with Gasteiger partial charge in [-0.05, 0) is 94.5 Å². The molecule has 0 bridgehead atoms. The van der Waals surface area contributed by atoms with Crippen LogP contribution in [0.1, 0.15) is 51.7 Å². The molecule has 3 N–H and O–H groups in total. The fourth-order valence-corrected chi connectivity index (χ4v) is 8.44. The molecule has 0 saturated carbocycles. The molecule has 0 saturated heterocycles. The summed E-state index contributed by atoms with van der Waals surface area (Å²) < 4.78 is 14.6. The van der Waals surface area contributed by atoms with Crippen molar-refractivity contribution in [1.29, 1.82) is 0 Å². The number of aromatic amines is 2. The molecule has 0 aliphatic carbocycles. The van der Waals surface area contributed by atoms with E-state index in [1.54, 1.807) is 16.4 Å². The minimum absolute atomic E-state index is 0.0339. The lowest BCUT2D eigenvalue weighted by molar-refractivity contribution is -0.147. The number of aromatic nitrogens is 6. The second kappa shape index (κ2) is 18.7. The molecule has 4 aromatic heterocycles. The summed E-state index contributed by atoms with van der Waals surface area (Å²) in [4.78, 5) is 61.4. The highest BCUT2D eigenvalue weighted by Crippen LogP contribution is 2.30. The molecule has 4 aromatic carbocycles. The maximum absolute atomic E-state index is 13.5. The summed E-state index contributed by atoms with van der Waals surface area (Å²) in [7, 11) is 1.66. The number of carbonyl (C=O) groups is 4. The smallest absolute Gasteiger partial charge is 0.310 e. The predicted octanol–water partition coefficient (Wildman–Crippen LogP) is 7.90. The fourth-order valence-electron chi connectivity index (χ4n) is 8.44. The highest BCUT2D eigenvalue weighted by atomic mass is 16.5. The van der Waals surface area contributed by atoms with E-state index in [1.165, 1.54) is 4.90 Å². The topological polar surface area (TPSA) is 169 Å². The number of nitrogens with one attached hydrogen (secondary N) is 3. The molecule has 4 heterocycles. The SMILES string of the molecule is Cc1nn(-c2ccccc2)c(C)c1NC(=O)COC(=O)CCc1c(CCc2[nH]c3ccccc3c2CC(=O)OCC(=O)N(C)c2c(C)nn(-c3ccccc3)c2C)[nH]c2ccccc12. The Bertz CT molecular complexity index is 3000. The molecule has 14 heteroatoms.